The molecule has 0 unspecified atom stereocenters. The van der Waals surface area contributed by atoms with Crippen LogP contribution in [0.5, 0.6) is 0 Å². The van der Waals surface area contributed by atoms with Gasteiger partial charge in [0.15, 0.2) is 0 Å². The molecule has 1 aromatic carbocycles. The van der Waals surface area contributed by atoms with Gasteiger partial charge in [-0.3, -0.25) is 14.9 Å². The van der Waals surface area contributed by atoms with E-state index in [2.05, 4.69) is 0 Å². The zero-order valence-corrected chi connectivity index (χ0v) is 12.2. The van der Waals surface area contributed by atoms with E-state index in [-0.39, 0.29) is 29.1 Å². The summed E-state index contributed by atoms with van der Waals surface area (Å²) in [6.07, 6.45) is 3.71. The van der Waals surface area contributed by atoms with Crippen molar-refractivity contribution in [1.82, 2.24) is 4.90 Å². The number of hydrogen-bond acceptors (Lipinski definition) is 5. The predicted octanol–water partition coefficient (Wildman–Crippen LogP) is 2.20. The Morgan fingerprint density at radius 2 is 1.95 bits per heavy atom. The summed E-state index contributed by atoms with van der Waals surface area (Å²) in [6.45, 7) is 0.987. The molecule has 0 bridgehead atoms. The third-order valence-corrected chi connectivity index (χ3v) is 2.80. The molecule has 0 saturated carbocycles. The first kappa shape index (κ1) is 16.0. The van der Waals surface area contributed by atoms with Crippen molar-refractivity contribution >= 4 is 34.3 Å². The third kappa shape index (κ3) is 3.95. The Balaban J connectivity index is 0.00000200. The molecule has 0 radical (unpaired) electrons. The first-order chi connectivity index (χ1) is 9.06. The summed E-state index contributed by atoms with van der Waals surface area (Å²) in [7, 11) is 0. The molecule has 0 fully saturated rings. The van der Waals surface area contributed by atoms with Gasteiger partial charge < -0.3 is 14.9 Å². The molecule has 108 valence electrons. The largest absolute Gasteiger partial charge is 0.481 e. The summed E-state index contributed by atoms with van der Waals surface area (Å²) in [5.74, 6) is -0.831. The van der Waals surface area contributed by atoms with E-state index >= 15 is 0 Å². The lowest BCUT2D eigenvalue weighted by Crippen LogP contribution is -2.26. The van der Waals surface area contributed by atoms with Gasteiger partial charge in [0.2, 0.25) is 0 Å². The molecule has 0 atom stereocenters. The number of carboxylic acid groups (broad SMARTS) is 1. The molecule has 1 heterocycles. The summed E-state index contributed by atoms with van der Waals surface area (Å²) < 4.78 is 0. The predicted molar refractivity (Wildman–Crippen MR) is 78.9 cm³/mol. The number of anilines is 1. The molecule has 1 aliphatic heterocycles. The molecular weight excluding hydrogens is 330 g/mol. The molecule has 8 heteroatoms. The first-order valence-corrected chi connectivity index (χ1v) is 5.71. The molecule has 1 N–H and O–H groups in total. The Morgan fingerprint density at radius 3 is 2.50 bits per heavy atom. The van der Waals surface area contributed by atoms with Gasteiger partial charge in [-0.05, 0) is 12.1 Å². The first-order valence-electron chi connectivity index (χ1n) is 5.71. The average molecular weight is 344 g/mol. The second kappa shape index (κ2) is 6.90. The average Bonchev–Trinajstić information content (AvgIpc) is 2.85. The fourth-order valence-corrected chi connectivity index (χ4v) is 1.78. The second-order valence-corrected chi connectivity index (χ2v) is 4.14. The van der Waals surface area contributed by atoms with Gasteiger partial charge in [-0.25, -0.2) is 0 Å². The Kier molecular flexibility index (Phi) is 5.51. The molecular formula is C12H14BrN3O4. The molecule has 1 aromatic rings. The highest BCUT2D eigenvalue weighted by Crippen LogP contribution is 2.22. The van der Waals surface area contributed by atoms with Crippen LogP contribution >= 0.6 is 17.0 Å². The number of benzene rings is 1. The van der Waals surface area contributed by atoms with E-state index in [0.29, 0.717) is 13.2 Å². The van der Waals surface area contributed by atoms with Crippen LogP contribution in [0.1, 0.15) is 6.42 Å². The number of rotatable bonds is 5. The van der Waals surface area contributed by atoms with E-state index in [4.69, 9.17) is 5.11 Å². The zero-order chi connectivity index (χ0) is 13.8. The molecule has 0 saturated heterocycles. The third-order valence-electron chi connectivity index (χ3n) is 2.80. The van der Waals surface area contributed by atoms with Crippen molar-refractivity contribution in [3.8, 4) is 0 Å². The van der Waals surface area contributed by atoms with Gasteiger partial charge in [-0.2, -0.15) is 0 Å². The van der Waals surface area contributed by atoms with Gasteiger partial charge in [-0.15, -0.1) is 17.0 Å². The van der Waals surface area contributed by atoms with E-state index < -0.39 is 10.9 Å². The Morgan fingerprint density at radius 1 is 1.30 bits per heavy atom. The monoisotopic (exact) mass is 343 g/mol. The van der Waals surface area contributed by atoms with E-state index in [1.54, 1.807) is 12.1 Å². The smallest absolute Gasteiger partial charge is 0.305 e. The van der Waals surface area contributed by atoms with E-state index in [0.717, 1.165) is 5.69 Å². The highest BCUT2D eigenvalue weighted by atomic mass is 79.9. The van der Waals surface area contributed by atoms with Crippen LogP contribution in [0.3, 0.4) is 0 Å². The maximum Gasteiger partial charge on any atom is 0.305 e. The molecule has 7 nitrogen and oxygen atoms in total. The van der Waals surface area contributed by atoms with Gasteiger partial charge in [0, 0.05) is 36.8 Å². The van der Waals surface area contributed by atoms with Gasteiger partial charge >= 0.3 is 5.97 Å². The van der Waals surface area contributed by atoms with E-state index in [9.17, 15) is 14.9 Å². The Hall–Kier alpha value is -2.09. The number of nitro groups is 1. The Bertz CT molecular complexity index is 518. The van der Waals surface area contributed by atoms with Gasteiger partial charge in [0.25, 0.3) is 5.69 Å². The number of aliphatic carboxylic acids is 1. The molecule has 1 aliphatic rings. The minimum atomic E-state index is -0.831. The summed E-state index contributed by atoms with van der Waals surface area (Å²) in [5, 5.41) is 19.2. The number of non-ortho nitro benzene ring substituents is 1. The van der Waals surface area contributed by atoms with Crippen LogP contribution in [-0.4, -0.2) is 34.1 Å². The van der Waals surface area contributed by atoms with Crippen LogP contribution in [0.2, 0.25) is 0 Å². The summed E-state index contributed by atoms with van der Waals surface area (Å²) in [6, 6.07) is 6.23. The SMILES string of the molecule is Br.O=C(O)CCN1C=CN(c2ccc([N+](=O)[O-])cc2)C1. The summed E-state index contributed by atoms with van der Waals surface area (Å²) >= 11 is 0. The normalized spacial score (nSPS) is 13.2. The van der Waals surface area contributed by atoms with Gasteiger partial charge in [0.1, 0.15) is 0 Å². The maximum absolute atomic E-state index is 10.5. The topological polar surface area (TPSA) is 86.9 Å². The lowest BCUT2D eigenvalue weighted by molar-refractivity contribution is -0.384. The minimum Gasteiger partial charge on any atom is -0.481 e. The molecule has 0 amide bonds. The number of carboxylic acids is 1. The highest BCUT2D eigenvalue weighted by Gasteiger charge is 2.15. The molecule has 0 aromatic heterocycles. The van der Waals surface area contributed by atoms with Crippen molar-refractivity contribution in [3.63, 3.8) is 0 Å². The lowest BCUT2D eigenvalue weighted by atomic mass is 10.3. The molecule has 0 spiro atoms. The van der Waals surface area contributed by atoms with Crippen molar-refractivity contribution in [2.24, 2.45) is 0 Å². The van der Waals surface area contributed by atoms with Crippen LogP contribution in [-0.2, 0) is 4.79 Å². The Labute approximate surface area is 126 Å². The lowest BCUT2D eigenvalue weighted by Gasteiger charge is -2.20. The number of nitrogens with zero attached hydrogens (tertiary/aromatic N) is 3. The van der Waals surface area contributed by atoms with Crippen LogP contribution < -0.4 is 4.90 Å². The number of nitro benzene ring substituents is 1. The van der Waals surface area contributed by atoms with Crippen molar-refractivity contribution in [2.75, 3.05) is 18.1 Å². The van der Waals surface area contributed by atoms with Crippen LogP contribution in [0.4, 0.5) is 11.4 Å². The minimum absolute atomic E-state index is 0. The van der Waals surface area contributed by atoms with Crippen molar-refractivity contribution in [1.29, 1.82) is 0 Å². The fourth-order valence-electron chi connectivity index (χ4n) is 1.78. The van der Waals surface area contributed by atoms with Crippen LogP contribution in [0.25, 0.3) is 0 Å². The van der Waals surface area contributed by atoms with Crippen LogP contribution in [0.15, 0.2) is 36.7 Å². The van der Waals surface area contributed by atoms with Crippen molar-refractivity contribution in [2.45, 2.75) is 6.42 Å². The number of hydrogen-bond donors (Lipinski definition) is 1. The maximum atomic E-state index is 10.5. The quantitative estimate of drug-likeness (QED) is 0.651. The zero-order valence-electron chi connectivity index (χ0n) is 10.5. The van der Waals surface area contributed by atoms with Crippen LogP contribution in [0, 0.1) is 10.1 Å². The summed E-state index contributed by atoms with van der Waals surface area (Å²) in [4.78, 5) is 24.4. The van der Waals surface area contributed by atoms with E-state index in [1.165, 1.54) is 12.1 Å². The van der Waals surface area contributed by atoms with E-state index in [1.807, 2.05) is 22.2 Å². The van der Waals surface area contributed by atoms with Gasteiger partial charge in [0.05, 0.1) is 18.0 Å². The molecule has 20 heavy (non-hydrogen) atoms. The van der Waals surface area contributed by atoms with Gasteiger partial charge in [-0.1, -0.05) is 0 Å². The standard InChI is InChI=1S/C12H13N3O4.BrH/c16-12(17)5-6-13-7-8-14(9-13)10-1-3-11(4-2-10)15(18)19;/h1-4,7-8H,5-6,9H2,(H,16,17);1H. The second-order valence-electron chi connectivity index (χ2n) is 4.14. The molecule has 0 aliphatic carbocycles. The number of carbonyl (C=O) groups is 1. The van der Waals surface area contributed by atoms with Crippen molar-refractivity contribution in [3.05, 3.63) is 46.8 Å². The number of halogens is 1. The molecule has 2 rings (SSSR count). The summed E-state index contributed by atoms with van der Waals surface area (Å²) in [5.41, 5.74) is 0.884. The highest BCUT2D eigenvalue weighted by molar-refractivity contribution is 8.93. The fraction of sp³-hybridized carbons (Fsp3) is 0.250. The van der Waals surface area contributed by atoms with Crippen molar-refractivity contribution < 1.29 is 14.8 Å².